The molecule has 5 heteroatoms. The van der Waals surface area contributed by atoms with Crippen LogP contribution in [0.15, 0.2) is 24.5 Å². The number of nitrogens with zero attached hydrogens (tertiary/aromatic N) is 1. The fraction of sp³-hybridized carbons (Fsp3) is 0.571. The molecule has 1 aromatic rings. The lowest BCUT2D eigenvalue weighted by molar-refractivity contribution is -0.123. The van der Waals surface area contributed by atoms with Gasteiger partial charge < -0.3 is 15.8 Å². The molecule has 5 nitrogen and oxygen atoms in total. The Bertz CT molecular complexity index is 391. The number of hydrogen-bond donors (Lipinski definition) is 2. The molecule has 2 heterocycles. The summed E-state index contributed by atoms with van der Waals surface area (Å²) in [6.07, 6.45) is 6.31. The topological polar surface area (TPSA) is 77.2 Å². The first-order valence-electron chi connectivity index (χ1n) is 6.80. The van der Waals surface area contributed by atoms with E-state index >= 15 is 0 Å². The van der Waals surface area contributed by atoms with Crippen molar-refractivity contribution in [2.24, 2.45) is 5.73 Å². The highest BCUT2D eigenvalue weighted by atomic mass is 16.5. The van der Waals surface area contributed by atoms with Crippen molar-refractivity contribution in [2.75, 3.05) is 19.7 Å². The molecule has 1 fully saturated rings. The number of amides is 1. The Balaban J connectivity index is 1.92. The monoisotopic (exact) mass is 263 g/mol. The van der Waals surface area contributed by atoms with E-state index in [1.54, 1.807) is 12.4 Å². The average Bonchev–Trinajstić information content (AvgIpc) is 2.96. The van der Waals surface area contributed by atoms with Gasteiger partial charge in [0.25, 0.3) is 0 Å². The van der Waals surface area contributed by atoms with E-state index in [0.717, 1.165) is 25.0 Å². The van der Waals surface area contributed by atoms with E-state index in [-0.39, 0.29) is 17.9 Å². The summed E-state index contributed by atoms with van der Waals surface area (Å²) in [6.45, 7) is 1.88. The summed E-state index contributed by atoms with van der Waals surface area (Å²) in [6, 6.07) is 3.73. The maximum Gasteiger partial charge on any atom is 0.227 e. The number of carbonyl (C=O) groups excluding carboxylic acids is 1. The second-order valence-corrected chi connectivity index (χ2v) is 4.79. The van der Waals surface area contributed by atoms with Crippen molar-refractivity contribution in [3.05, 3.63) is 30.1 Å². The fourth-order valence-corrected chi connectivity index (χ4v) is 2.35. The van der Waals surface area contributed by atoms with Crippen molar-refractivity contribution in [3.8, 4) is 0 Å². The number of aromatic nitrogens is 1. The predicted molar refractivity (Wildman–Crippen MR) is 72.6 cm³/mol. The highest BCUT2D eigenvalue weighted by molar-refractivity contribution is 5.83. The van der Waals surface area contributed by atoms with Gasteiger partial charge >= 0.3 is 0 Å². The van der Waals surface area contributed by atoms with Gasteiger partial charge in [-0.1, -0.05) is 0 Å². The first kappa shape index (κ1) is 14.0. The van der Waals surface area contributed by atoms with Gasteiger partial charge in [-0.25, -0.2) is 0 Å². The molecule has 1 aliphatic heterocycles. The molecule has 3 N–H and O–H groups in total. The van der Waals surface area contributed by atoms with Crippen molar-refractivity contribution in [1.82, 2.24) is 10.3 Å². The molecular weight excluding hydrogens is 242 g/mol. The van der Waals surface area contributed by atoms with Crippen molar-refractivity contribution in [2.45, 2.75) is 31.3 Å². The van der Waals surface area contributed by atoms with Gasteiger partial charge in [-0.2, -0.15) is 0 Å². The van der Waals surface area contributed by atoms with E-state index in [4.69, 9.17) is 10.5 Å². The molecule has 1 amide bonds. The molecule has 1 aromatic heterocycles. The average molecular weight is 263 g/mol. The van der Waals surface area contributed by atoms with Gasteiger partial charge in [0, 0.05) is 25.5 Å². The molecule has 1 aliphatic rings. The lowest BCUT2D eigenvalue weighted by Gasteiger charge is -2.18. The molecule has 2 unspecified atom stereocenters. The van der Waals surface area contributed by atoms with E-state index in [9.17, 15) is 4.79 Å². The number of rotatable bonds is 6. The summed E-state index contributed by atoms with van der Waals surface area (Å²) in [7, 11) is 0. The lowest BCUT2D eigenvalue weighted by Crippen LogP contribution is -2.36. The van der Waals surface area contributed by atoms with Crippen LogP contribution in [0.3, 0.4) is 0 Å². The zero-order valence-electron chi connectivity index (χ0n) is 11.0. The van der Waals surface area contributed by atoms with Crippen LogP contribution >= 0.6 is 0 Å². The Labute approximate surface area is 113 Å². The summed E-state index contributed by atoms with van der Waals surface area (Å²) in [5, 5.41) is 2.97. The smallest absolute Gasteiger partial charge is 0.227 e. The van der Waals surface area contributed by atoms with Gasteiger partial charge in [0.15, 0.2) is 0 Å². The zero-order chi connectivity index (χ0) is 13.5. The van der Waals surface area contributed by atoms with Crippen LogP contribution in [-0.4, -0.2) is 36.7 Å². The quantitative estimate of drug-likeness (QED) is 0.796. The van der Waals surface area contributed by atoms with Crippen molar-refractivity contribution < 1.29 is 9.53 Å². The summed E-state index contributed by atoms with van der Waals surface area (Å²) in [4.78, 5) is 16.2. The van der Waals surface area contributed by atoms with Gasteiger partial charge in [0.2, 0.25) is 5.91 Å². The van der Waals surface area contributed by atoms with Crippen molar-refractivity contribution >= 4 is 5.91 Å². The van der Waals surface area contributed by atoms with Gasteiger partial charge in [-0.3, -0.25) is 9.78 Å². The largest absolute Gasteiger partial charge is 0.376 e. The summed E-state index contributed by atoms with van der Waals surface area (Å²) >= 11 is 0. The van der Waals surface area contributed by atoms with E-state index in [2.05, 4.69) is 10.3 Å². The van der Waals surface area contributed by atoms with E-state index < -0.39 is 0 Å². The Kier molecular flexibility index (Phi) is 5.30. The highest BCUT2D eigenvalue weighted by Gasteiger charge is 2.22. The predicted octanol–water partition coefficient (Wildman–Crippen LogP) is 0.809. The van der Waals surface area contributed by atoms with Gasteiger partial charge in [0.05, 0.1) is 12.0 Å². The second kappa shape index (κ2) is 7.21. The number of nitrogens with one attached hydrogen (secondary N) is 1. The van der Waals surface area contributed by atoms with Crippen LogP contribution in [-0.2, 0) is 9.53 Å². The molecule has 104 valence electrons. The van der Waals surface area contributed by atoms with Crippen molar-refractivity contribution in [1.29, 1.82) is 0 Å². The summed E-state index contributed by atoms with van der Waals surface area (Å²) < 4.78 is 5.50. The van der Waals surface area contributed by atoms with Crippen LogP contribution in [0.1, 0.15) is 30.7 Å². The number of pyridine rings is 1. The SMILES string of the molecule is NCCC(C(=O)NCC1CCCO1)c1ccncc1. The molecule has 0 bridgehead atoms. The Morgan fingerprint density at radius 3 is 2.95 bits per heavy atom. The van der Waals surface area contributed by atoms with Crippen LogP contribution in [0.5, 0.6) is 0 Å². The normalized spacial score (nSPS) is 20.2. The lowest BCUT2D eigenvalue weighted by atomic mass is 9.95. The number of ether oxygens (including phenoxy) is 1. The third kappa shape index (κ3) is 4.01. The number of nitrogens with two attached hydrogens (primary N) is 1. The van der Waals surface area contributed by atoms with Crippen LogP contribution < -0.4 is 11.1 Å². The maximum absolute atomic E-state index is 12.2. The standard InChI is InChI=1S/C14H21N3O2/c15-6-3-13(11-4-7-16-8-5-11)14(18)17-10-12-2-1-9-19-12/h4-5,7-8,12-13H,1-3,6,9-10,15H2,(H,17,18). The summed E-state index contributed by atoms with van der Waals surface area (Å²) in [5.41, 5.74) is 6.57. The van der Waals surface area contributed by atoms with E-state index in [0.29, 0.717) is 19.5 Å². The Morgan fingerprint density at radius 1 is 1.53 bits per heavy atom. The first-order chi connectivity index (χ1) is 9.31. The fourth-order valence-electron chi connectivity index (χ4n) is 2.35. The van der Waals surface area contributed by atoms with Crippen LogP contribution in [0.2, 0.25) is 0 Å². The minimum absolute atomic E-state index is 0.0205. The molecule has 0 radical (unpaired) electrons. The minimum Gasteiger partial charge on any atom is -0.376 e. The molecule has 0 aromatic carbocycles. The number of hydrogen-bond acceptors (Lipinski definition) is 4. The Hall–Kier alpha value is -1.46. The van der Waals surface area contributed by atoms with Crippen LogP contribution in [0.25, 0.3) is 0 Å². The van der Waals surface area contributed by atoms with Crippen molar-refractivity contribution in [3.63, 3.8) is 0 Å². The second-order valence-electron chi connectivity index (χ2n) is 4.79. The zero-order valence-corrected chi connectivity index (χ0v) is 11.0. The molecule has 0 spiro atoms. The molecule has 1 saturated heterocycles. The minimum atomic E-state index is -0.200. The van der Waals surface area contributed by atoms with E-state index in [1.807, 2.05) is 12.1 Å². The first-order valence-corrected chi connectivity index (χ1v) is 6.80. The summed E-state index contributed by atoms with van der Waals surface area (Å²) in [5.74, 6) is -0.179. The molecule has 19 heavy (non-hydrogen) atoms. The molecule has 0 aliphatic carbocycles. The van der Waals surface area contributed by atoms with Crippen LogP contribution in [0, 0.1) is 0 Å². The number of carbonyl (C=O) groups is 1. The third-order valence-electron chi connectivity index (χ3n) is 3.41. The molecule has 0 saturated carbocycles. The molecule has 2 rings (SSSR count). The van der Waals surface area contributed by atoms with Gasteiger partial charge in [0.1, 0.15) is 0 Å². The molecule has 2 atom stereocenters. The van der Waals surface area contributed by atoms with Crippen LogP contribution in [0.4, 0.5) is 0 Å². The Morgan fingerprint density at radius 2 is 2.32 bits per heavy atom. The maximum atomic E-state index is 12.2. The van der Waals surface area contributed by atoms with Gasteiger partial charge in [-0.05, 0) is 43.5 Å². The highest BCUT2D eigenvalue weighted by Crippen LogP contribution is 2.19. The van der Waals surface area contributed by atoms with Gasteiger partial charge in [-0.15, -0.1) is 0 Å². The molecular formula is C14H21N3O2. The third-order valence-corrected chi connectivity index (χ3v) is 3.41. The van der Waals surface area contributed by atoms with E-state index in [1.165, 1.54) is 0 Å².